The summed E-state index contributed by atoms with van der Waals surface area (Å²) in [7, 11) is 0. The maximum Gasteiger partial charge on any atom is 0.00666 e. The molecule has 0 atom stereocenters. The van der Waals surface area contributed by atoms with E-state index in [1.165, 1.54) is 15.9 Å². The largest absolute Gasteiger partial charge is 0.0925 e. The van der Waals surface area contributed by atoms with Gasteiger partial charge in [0.15, 0.2) is 0 Å². The van der Waals surface area contributed by atoms with Crippen molar-refractivity contribution < 1.29 is 0 Å². The average Bonchev–Trinajstić information content (AvgIpc) is 2.65. The summed E-state index contributed by atoms with van der Waals surface area (Å²) in [4.78, 5) is 0. The zero-order chi connectivity index (χ0) is 16.0. The first kappa shape index (κ1) is 16.3. The van der Waals surface area contributed by atoms with Gasteiger partial charge in [0.05, 0.1) is 0 Å². The van der Waals surface area contributed by atoms with Gasteiger partial charge in [-0.05, 0) is 29.2 Å². The number of rotatable bonds is 5. The molecule has 3 aromatic carbocycles. The van der Waals surface area contributed by atoms with Crippen molar-refractivity contribution in [1.29, 1.82) is 0 Å². The molecular formula is C21H20BrP. The lowest BCUT2D eigenvalue weighted by atomic mass is 10.4. The molecule has 3 aromatic rings. The van der Waals surface area contributed by atoms with Crippen molar-refractivity contribution in [3.05, 3.63) is 91.0 Å². The molecule has 0 heterocycles. The van der Waals surface area contributed by atoms with Gasteiger partial charge in [-0.1, -0.05) is 113 Å². The molecule has 0 aliphatic rings. The summed E-state index contributed by atoms with van der Waals surface area (Å²) < 4.78 is 0. The van der Waals surface area contributed by atoms with Crippen molar-refractivity contribution in [2.24, 2.45) is 0 Å². The maximum absolute atomic E-state index is 3.61. The fraction of sp³-hybridized carbons (Fsp3) is 0.0952. The zero-order valence-corrected chi connectivity index (χ0v) is 15.5. The smallest absolute Gasteiger partial charge is 0.00666 e. The van der Waals surface area contributed by atoms with E-state index < -0.39 is 6.89 Å². The molecule has 0 aliphatic carbocycles. The lowest BCUT2D eigenvalue weighted by molar-refractivity contribution is 1.40. The second kappa shape index (κ2) is 7.81. The standard InChI is InChI=1S/C21H20BrP/c22-17-10-18-23(19-11-4-1-5-12-19,20-13-6-2-7-14-20)21-15-8-3-9-16-21/h1-9,11-16,18H,10,17H2. The van der Waals surface area contributed by atoms with Gasteiger partial charge in [0.25, 0.3) is 0 Å². The molecule has 0 spiro atoms. The highest BCUT2D eigenvalue weighted by atomic mass is 79.9. The van der Waals surface area contributed by atoms with Crippen LogP contribution in [0.15, 0.2) is 91.0 Å². The first-order chi connectivity index (χ1) is 11.4. The Balaban J connectivity index is 2.36. The molecule has 0 N–H and O–H groups in total. The normalized spacial score (nSPS) is 11.2. The Hall–Kier alpha value is -1.56. The molecule has 2 heteroatoms. The minimum Gasteiger partial charge on any atom is -0.0925 e. The minimum atomic E-state index is -1.72. The third-order valence-electron chi connectivity index (χ3n) is 4.00. The van der Waals surface area contributed by atoms with E-state index in [0.29, 0.717) is 0 Å². The maximum atomic E-state index is 3.61. The molecule has 0 saturated heterocycles. The zero-order valence-electron chi connectivity index (χ0n) is 13.0. The number of alkyl halides is 1. The molecule has 0 aliphatic heterocycles. The highest BCUT2D eigenvalue weighted by molar-refractivity contribution is 9.09. The summed E-state index contributed by atoms with van der Waals surface area (Å²) in [6.07, 6.45) is 1.05. The van der Waals surface area contributed by atoms with Crippen LogP contribution in [-0.4, -0.2) is 11.1 Å². The number of hydrogen-bond donors (Lipinski definition) is 0. The van der Waals surface area contributed by atoms with Crippen LogP contribution in [0.25, 0.3) is 0 Å². The van der Waals surface area contributed by atoms with E-state index in [0.717, 1.165) is 11.8 Å². The van der Waals surface area contributed by atoms with Gasteiger partial charge in [0.2, 0.25) is 0 Å². The number of hydrogen-bond acceptors (Lipinski definition) is 0. The van der Waals surface area contributed by atoms with Gasteiger partial charge in [-0.2, -0.15) is 0 Å². The van der Waals surface area contributed by atoms with Crippen LogP contribution in [-0.2, 0) is 0 Å². The number of halogens is 1. The van der Waals surface area contributed by atoms with Crippen LogP contribution < -0.4 is 15.9 Å². The summed E-state index contributed by atoms with van der Waals surface area (Å²) >= 11 is 3.61. The lowest BCUT2D eigenvalue weighted by Gasteiger charge is -2.28. The summed E-state index contributed by atoms with van der Waals surface area (Å²) in [6.45, 7) is -1.72. The van der Waals surface area contributed by atoms with Gasteiger partial charge in [-0.15, -0.1) is 0 Å². The van der Waals surface area contributed by atoms with Crippen LogP contribution in [0.4, 0.5) is 0 Å². The lowest BCUT2D eigenvalue weighted by Crippen LogP contribution is -2.27. The molecule has 23 heavy (non-hydrogen) atoms. The van der Waals surface area contributed by atoms with E-state index in [-0.39, 0.29) is 0 Å². The predicted octanol–water partition coefficient (Wildman–Crippen LogP) is 4.57. The monoisotopic (exact) mass is 382 g/mol. The summed E-state index contributed by atoms with van der Waals surface area (Å²) in [6, 6.07) is 32.8. The first-order valence-corrected chi connectivity index (χ1v) is 10.8. The Bertz CT molecular complexity index is 676. The second-order valence-electron chi connectivity index (χ2n) is 5.39. The Morgan fingerprint density at radius 1 is 0.609 bits per heavy atom. The topological polar surface area (TPSA) is 0 Å². The van der Waals surface area contributed by atoms with Crippen molar-refractivity contribution in [3.63, 3.8) is 0 Å². The Morgan fingerprint density at radius 2 is 0.957 bits per heavy atom. The minimum absolute atomic E-state index is 0.987. The van der Waals surface area contributed by atoms with Gasteiger partial charge >= 0.3 is 0 Å². The van der Waals surface area contributed by atoms with Crippen LogP contribution in [0.2, 0.25) is 0 Å². The van der Waals surface area contributed by atoms with Crippen molar-refractivity contribution in [2.45, 2.75) is 6.42 Å². The Morgan fingerprint density at radius 3 is 1.26 bits per heavy atom. The van der Waals surface area contributed by atoms with Gasteiger partial charge in [-0.25, -0.2) is 0 Å². The molecule has 3 rings (SSSR count). The second-order valence-corrected chi connectivity index (χ2v) is 9.54. The SMILES string of the molecule is BrCCC=P(c1ccccc1)(c1ccccc1)c1ccccc1. The van der Waals surface area contributed by atoms with Gasteiger partial charge in [0.1, 0.15) is 0 Å². The molecule has 116 valence electrons. The van der Waals surface area contributed by atoms with E-state index in [9.17, 15) is 0 Å². The van der Waals surface area contributed by atoms with Crippen molar-refractivity contribution in [3.8, 4) is 0 Å². The Kier molecular flexibility index (Phi) is 5.54. The molecule has 0 unspecified atom stereocenters. The van der Waals surface area contributed by atoms with E-state index in [1.54, 1.807) is 0 Å². The van der Waals surface area contributed by atoms with E-state index >= 15 is 0 Å². The molecular weight excluding hydrogens is 363 g/mol. The van der Waals surface area contributed by atoms with Crippen LogP contribution >= 0.6 is 22.8 Å². The molecule has 0 amide bonds. The molecule has 0 nitrogen and oxygen atoms in total. The molecule has 0 aromatic heterocycles. The fourth-order valence-corrected chi connectivity index (χ4v) is 7.55. The van der Waals surface area contributed by atoms with Crippen LogP contribution in [0.1, 0.15) is 6.42 Å². The van der Waals surface area contributed by atoms with E-state index in [1.807, 2.05) is 0 Å². The number of benzene rings is 3. The fourth-order valence-electron chi connectivity index (χ4n) is 3.00. The predicted molar refractivity (Wildman–Crippen MR) is 110 cm³/mol. The van der Waals surface area contributed by atoms with Crippen molar-refractivity contribution in [1.82, 2.24) is 0 Å². The highest BCUT2D eigenvalue weighted by Gasteiger charge is 2.23. The summed E-state index contributed by atoms with van der Waals surface area (Å²) in [5, 5.41) is 5.23. The van der Waals surface area contributed by atoms with Gasteiger partial charge in [0, 0.05) is 5.33 Å². The third kappa shape index (κ3) is 3.37. The first-order valence-electron chi connectivity index (χ1n) is 7.84. The van der Waals surface area contributed by atoms with Crippen molar-refractivity contribution in [2.75, 3.05) is 5.33 Å². The Labute approximate surface area is 147 Å². The molecule has 0 bridgehead atoms. The van der Waals surface area contributed by atoms with Crippen LogP contribution in [0.5, 0.6) is 0 Å². The third-order valence-corrected chi connectivity index (χ3v) is 8.60. The van der Waals surface area contributed by atoms with Crippen LogP contribution in [0.3, 0.4) is 0 Å². The molecule has 0 saturated carbocycles. The van der Waals surface area contributed by atoms with Crippen LogP contribution in [0, 0.1) is 0 Å². The summed E-state index contributed by atoms with van der Waals surface area (Å²) in [5.74, 6) is 2.54. The summed E-state index contributed by atoms with van der Waals surface area (Å²) in [5.41, 5.74) is 0. The average molecular weight is 383 g/mol. The van der Waals surface area contributed by atoms with Gasteiger partial charge in [-0.3, -0.25) is 0 Å². The van der Waals surface area contributed by atoms with Crippen molar-refractivity contribution >= 4 is 44.5 Å². The molecule has 0 radical (unpaired) electrons. The van der Waals surface area contributed by atoms with E-state index in [2.05, 4.69) is 113 Å². The quantitative estimate of drug-likeness (QED) is 0.447. The highest BCUT2D eigenvalue weighted by Crippen LogP contribution is 2.43. The van der Waals surface area contributed by atoms with Gasteiger partial charge < -0.3 is 0 Å². The molecule has 0 fully saturated rings. The van der Waals surface area contributed by atoms with E-state index in [4.69, 9.17) is 0 Å².